The Kier molecular flexibility index (Phi) is 4.56. The highest BCUT2D eigenvalue weighted by Gasteiger charge is 2.29. The van der Waals surface area contributed by atoms with Gasteiger partial charge in [-0.05, 0) is 30.5 Å². The van der Waals surface area contributed by atoms with Crippen LogP contribution >= 0.6 is 22.9 Å². The highest BCUT2D eigenvalue weighted by Crippen LogP contribution is 2.44. The molecule has 0 saturated carbocycles. The predicted molar refractivity (Wildman–Crippen MR) is 105 cm³/mol. The smallest absolute Gasteiger partial charge is 0.317 e. The highest BCUT2D eigenvalue weighted by molar-refractivity contribution is 7.20. The number of halogens is 2. The maximum absolute atomic E-state index is 14.1. The van der Waals surface area contributed by atoms with Crippen molar-refractivity contribution in [1.82, 2.24) is 9.78 Å². The number of nitrogens with zero attached hydrogens (tertiary/aromatic N) is 2. The van der Waals surface area contributed by atoms with E-state index in [-0.39, 0.29) is 12.1 Å². The summed E-state index contributed by atoms with van der Waals surface area (Å²) in [6.45, 7) is 0.242. The number of aryl methyl sites for hydroxylation is 1. The maximum atomic E-state index is 14.1. The van der Waals surface area contributed by atoms with E-state index in [4.69, 9.17) is 23.1 Å². The third-order valence-electron chi connectivity index (χ3n) is 4.53. The minimum atomic E-state index is -0.768. The van der Waals surface area contributed by atoms with Crippen LogP contribution in [0.15, 0.2) is 24.4 Å². The van der Waals surface area contributed by atoms with Gasteiger partial charge in [-0.15, -0.1) is 11.3 Å². The number of primary amides is 2. The number of rotatable bonds is 4. The quantitative estimate of drug-likeness (QED) is 0.603. The van der Waals surface area contributed by atoms with Crippen molar-refractivity contribution in [2.75, 3.05) is 5.32 Å². The molecule has 0 spiro atoms. The summed E-state index contributed by atoms with van der Waals surface area (Å²) in [5.74, 6) is -1.03. The molecule has 28 heavy (non-hydrogen) atoms. The van der Waals surface area contributed by atoms with Crippen LogP contribution in [-0.4, -0.2) is 21.7 Å². The van der Waals surface area contributed by atoms with E-state index in [9.17, 15) is 14.0 Å². The number of carbonyl (C=O) groups excluding carboxylic acids is 2. The van der Waals surface area contributed by atoms with Crippen molar-refractivity contribution in [1.29, 1.82) is 0 Å². The molecule has 0 saturated heterocycles. The van der Waals surface area contributed by atoms with Crippen LogP contribution in [0.4, 0.5) is 14.2 Å². The zero-order valence-electron chi connectivity index (χ0n) is 14.5. The second-order valence-electron chi connectivity index (χ2n) is 6.39. The van der Waals surface area contributed by atoms with Gasteiger partial charge in [0.2, 0.25) is 0 Å². The van der Waals surface area contributed by atoms with Crippen LogP contribution in [0.2, 0.25) is 5.02 Å². The second kappa shape index (κ2) is 6.92. The Balaban J connectivity index is 1.74. The Labute approximate surface area is 168 Å². The molecule has 1 aliphatic rings. The van der Waals surface area contributed by atoms with Crippen LogP contribution in [0.5, 0.6) is 0 Å². The molecule has 0 atom stereocenters. The highest BCUT2D eigenvalue weighted by atomic mass is 35.5. The van der Waals surface area contributed by atoms with Gasteiger partial charge in [0.25, 0.3) is 5.91 Å². The van der Waals surface area contributed by atoms with Gasteiger partial charge in [-0.1, -0.05) is 17.7 Å². The number of thiophene rings is 1. The van der Waals surface area contributed by atoms with E-state index in [0.717, 1.165) is 21.7 Å². The van der Waals surface area contributed by atoms with E-state index in [0.29, 0.717) is 28.4 Å². The molecule has 5 N–H and O–H groups in total. The second-order valence-corrected chi connectivity index (χ2v) is 7.85. The first-order valence-electron chi connectivity index (χ1n) is 8.36. The standard InChI is InChI=1S/C18H15ClFN5O2S/c19-9-2-1-8(12(20)5-9)6-25-7-11-13(24-25)4-3-10-14(16(21)26)17(23-18(22)27)28-15(10)11/h1-2,5,7H,3-4,6H2,(H2,21,26)(H3,22,23,27). The van der Waals surface area contributed by atoms with Crippen LogP contribution in [0.25, 0.3) is 10.4 Å². The molecule has 0 radical (unpaired) electrons. The zero-order chi connectivity index (χ0) is 20.0. The van der Waals surface area contributed by atoms with Crippen molar-refractivity contribution in [3.63, 3.8) is 0 Å². The third-order valence-corrected chi connectivity index (χ3v) is 5.95. The fraction of sp³-hybridized carbons (Fsp3) is 0.167. The summed E-state index contributed by atoms with van der Waals surface area (Å²) in [4.78, 5) is 24.0. The Hall–Kier alpha value is -2.91. The molecule has 144 valence electrons. The van der Waals surface area contributed by atoms with Gasteiger partial charge in [-0.2, -0.15) is 5.10 Å². The molecule has 3 amide bonds. The van der Waals surface area contributed by atoms with Gasteiger partial charge < -0.3 is 11.5 Å². The molecule has 2 aromatic heterocycles. The van der Waals surface area contributed by atoms with Gasteiger partial charge in [0.05, 0.1) is 17.8 Å². The summed E-state index contributed by atoms with van der Waals surface area (Å²) in [5, 5.41) is 7.68. The molecule has 1 aliphatic carbocycles. The average Bonchev–Trinajstić information content (AvgIpc) is 3.16. The number of hydrogen-bond acceptors (Lipinski definition) is 4. The van der Waals surface area contributed by atoms with Crippen molar-refractivity contribution in [3.8, 4) is 10.4 Å². The van der Waals surface area contributed by atoms with Crippen LogP contribution in [0, 0.1) is 5.82 Å². The van der Waals surface area contributed by atoms with E-state index < -0.39 is 17.8 Å². The number of anilines is 1. The number of fused-ring (bicyclic) bond motifs is 3. The summed E-state index contributed by atoms with van der Waals surface area (Å²) in [7, 11) is 0. The predicted octanol–water partition coefficient (Wildman–Crippen LogP) is 3.14. The van der Waals surface area contributed by atoms with E-state index in [1.807, 2.05) is 0 Å². The van der Waals surface area contributed by atoms with Crippen molar-refractivity contribution < 1.29 is 14.0 Å². The number of aromatic nitrogens is 2. The normalized spacial score (nSPS) is 12.4. The number of nitrogens with one attached hydrogen (secondary N) is 1. The number of benzene rings is 1. The number of nitrogens with two attached hydrogens (primary N) is 2. The van der Waals surface area contributed by atoms with Crippen LogP contribution < -0.4 is 16.8 Å². The minimum Gasteiger partial charge on any atom is -0.365 e. The van der Waals surface area contributed by atoms with Gasteiger partial charge >= 0.3 is 6.03 Å². The lowest BCUT2D eigenvalue weighted by atomic mass is 9.94. The molecule has 10 heteroatoms. The minimum absolute atomic E-state index is 0.242. The van der Waals surface area contributed by atoms with Crippen LogP contribution in [0.1, 0.15) is 27.2 Å². The van der Waals surface area contributed by atoms with Crippen LogP contribution in [0.3, 0.4) is 0 Å². The van der Waals surface area contributed by atoms with Gasteiger partial charge in [-0.25, -0.2) is 9.18 Å². The van der Waals surface area contributed by atoms with E-state index >= 15 is 0 Å². The summed E-state index contributed by atoms with van der Waals surface area (Å²) < 4.78 is 15.7. The molecule has 0 bridgehead atoms. The van der Waals surface area contributed by atoms with Gasteiger partial charge in [0, 0.05) is 27.2 Å². The summed E-state index contributed by atoms with van der Waals surface area (Å²) in [6.07, 6.45) is 2.96. The van der Waals surface area contributed by atoms with Crippen molar-refractivity contribution >= 4 is 39.9 Å². The number of hydrogen-bond donors (Lipinski definition) is 3. The molecule has 7 nitrogen and oxygen atoms in total. The van der Waals surface area contributed by atoms with Gasteiger partial charge in [-0.3, -0.25) is 14.8 Å². The fourth-order valence-electron chi connectivity index (χ4n) is 3.37. The van der Waals surface area contributed by atoms with E-state index in [1.165, 1.54) is 17.4 Å². The number of carbonyl (C=O) groups is 2. The van der Waals surface area contributed by atoms with Crippen molar-refractivity contribution in [2.24, 2.45) is 11.5 Å². The number of amides is 3. The lowest BCUT2D eigenvalue weighted by molar-refractivity contribution is 0.100. The number of urea groups is 1. The first-order chi connectivity index (χ1) is 13.3. The molecule has 0 unspecified atom stereocenters. The summed E-state index contributed by atoms with van der Waals surface area (Å²) in [6, 6.07) is 3.74. The SMILES string of the molecule is NC(=O)Nc1sc2c(c1C(N)=O)CCc1nn(Cc3ccc(Cl)cc3F)cc1-2. The van der Waals surface area contributed by atoms with E-state index in [2.05, 4.69) is 10.4 Å². The van der Waals surface area contributed by atoms with Gasteiger partial charge in [0.1, 0.15) is 10.8 Å². The Morgan fingerprint density at radius 3 is 2.79 bits per heavy atom. The molecular formula is C18H15ClFN5O2S. The lowest BCUT2D eigenvalue weighted by Crippen LogP contribution is -2.22. The topological polar surface area (TPSA) is 116 Å². The molecule has 4 rings (SSSR count). The Morgan fingerprint density at radius 2 is 2.11 bits per heavy atom. The lowest BCUT2D eigenvalue weighted by Gasteiger charge is -2.11. The summed E-state index contributed by atoms with van der Waals surface area (Å²) >= 11 is 7.03. The largest absolute Gasteiger partial charge is 0.365 e. The van der Waals surface area contributed by atoms with Crippen LogP contribution in [-0.2, 0) is 19.4 Å². The molecular weight excluding hydrogens is 405 g/mol. The van der Waals surface area contributed by atoms with E-state index in [1.54, 1.807) is 23.0 Å². The third kappa shape index (κ3) is 3.23. The molecule has 0 fully saturated rings. The zero-order valence-corrected chi connectivity index (χ0v) is 16.0. The average molecular weight is 420 g/mol. The Morgan fingerprint density at radius 1 is 1.32 bits per heavy atom. The van der Waals surface area contributed by atoms with Crippen molar-refractivity contribution in [3.05, 3.63) is 57.6 Å². The van der Waals surface area contributed by atoms with Gasteiger partial charge in [0.15, 0.2) is 0 Å². The molecule has 2 heterocycles. The maximum Gasteiger partial charge on any atom is 0.317 e. The molecule has 1 aromatic carbocycles. The fourth-order valence-corrected chi connectivity index (χ4v) is 4.81. The molecule has 0 aliphatic heterocycles. The first kappa shape index (κ1) is 18.5. The Bertz CT molecular complexity index is 1120. The monoisotopic (exact) mass is 419 g/mol. The molecule has 3 aromatic rings. The summed E-state index contributed by atoms with van der Waals surface area (Å²) in [5.41, 5.74) is 13.9. The van der Waals surface area contributed by atoms with Crippen molar-refractivity contribution in [2.45, 2.75) is 19.4 Å². The first-order valence-corrected chi connectivity index (χ1v) is 9.55.